The summed E-state index contributed by atoms with van der Waals surface area (Å²) in [4.78, 5) is 8.17. The van der Waals surface area contributed by atoms with E-state index in [0.29, 0.717) is 18.1 Å². The van der Waals surface area contributed by atoms with Crippen LogP contribution < -0.4 is 4.74 Å². The maximum atomic E-state index is 8.93. The quantitative estimate of drug-likeness (QED) is 0.872. The Labute approximate surface area is 107 Å². The summed E-state index contributed by atoms with van der Waals surface area (Å²) in [6.07, 6.45) is 3.29. The van der Waals surface area contributed by atoms with Gasteiger partial charge in [0.25, 0.3) is 0 Å². The van der Waals surface area contributed by atoms with Crippen LogP contribution in [0.2, 0.25) is 0 Å². The number of rotatable bonds is 3. The molecule has 0 aromatic carbocycles. The molecule has 0 spiro atoms. The summed E-state index contributed by atoms with van der Waals surface area (Å²) >= 11 is 3.25. The van der Waals surface area contributed by atoms with Crippen molar-refractivity contribution in [1.29, 1.82) is 5.26 Å². The van der Waals surface area contributed by atoms with Gasteiger partial charge in [0.2, 0.25) is 5.88 Å². The summed E-state index contributed by atoms with van der Waals surface area (Å²) in [5, 5.41) is 8.93. The van der Waals surface area contributed by atoms with Gasteiger partial charge >= 0.3 is 0 Å². The van der Waals surface area contributed by atoms with Gasteiger partial charge in [0.05, 0.1) is 5.69 Å². The summed E-state index contributed by atoms with van der Waals surface area (Å²) < 4.78 is 6.20. The zero-order valence-electron chi connectivity index (χ0n) is 8.80. The Balaban J connectivity index is 2.12. The molecule has 0 unspecified atom stereocenters. The SMILES string of the molecule is N#Cc1cc(Br)cnc1OCc1ccccn1. The molecule has 2 heterocycles. The van der Waals surface area contributed by atoms with Crippen molar-refractivity contribution >= 4 is 15.9 Å². The zero-order chi connectivity index (χ0) is 12.1. The van der Waals surface area contributed by atoms with Crippen LogP contribution in [0.5, 0.6) is 5.88 Å². The van der Waals surface area contributed by atoms with Crippen LogP contribution in [0.3, 0.4) is 0 Å². The second-order valence-electron chi connectivity index (χ2n) is 3.23. The molecule has 0 radical (unpaired) electrons. The van der Waals surface area contributed by atoms with E-state index < -0.39 is 0 Å². The molecule has 2 aromatic rings. The first-order chi connectivity index (χ1) is 8.29. The van der Waals surface area contributed by atoms with E-state index in [1.807, 2.05) is 24.3 Å². The molecule has 0 saturated heterocycles. The lowest BCUT2D eigenvalue weighted by Gasteiger charge is -2.06. The van der Waals surface area contributed by atoms with Crippen LogP contribution in [0.25, 0.3) is 0 Å². The van der Waals surface area contributed by atoms with Gasteiger partial charge in [-0.25, -0.2) is 4.98 Å². The van der Waals surface area contributed by atoms with Gasteiger partial charge in [-0.05, 0) is 34.1 Å². The molecule has 0 bridgehead atoms. The molecule has 0 aliphatic rings. The van der Waals surface area contributed by atoms with Gasteiger partial charge in [0, 0.05) is 16.9 Å². The average Bonchev–Trinajstić information content (AvgIpc) is 2.38. The van der Waals surface area contributed by atoms with Crippen molar-refractivity contribution in [3.05, 3.63) is 52.4 Å². The maximum absolute atomic E-state index is 8.93. The molecule has 0 aliphatic heterocycles. The molecular formula is C12H8BrN3O. The van der Waals surface area contributed by atoms with Crippen LogP contribution in [-0.2, 0) is 6.61 Å². The predicted molar refractivity (Wildman–Crippen MR) is 65.2 cm³/mol. The van der Waals surface area contributed by atoms with Crippen molar-refractivity contribution in [2.24, 2.45) is 0 Å². The van der Waals surface area contributed by atoms with Crippen molar-refractivity contribution in [2.45, 2.75) is 6.61 Å². The molecule has 4 nitrogen and oxygen atoms in total. The fraction of sp³-hybridized carbons (Fsp3) is 0.0833. The van der Waals surface area contributed by atoms with Crippen LogP contribution >= 0.6 is 15.9 Å². The number of nitrogens with zero attached hydrogens (tertiary/aromatic N) is 3. The van der Waals surface area contributed by atoms with Crippen molar-refractivity contribution in [3.8, 4) is 11.9 Å². The fourth-order valence-electron chi connectivity index (χ4n) is 1.25. The van der Waals surface area contributed by atoms with Gasteiger partial charge in [0.1, 0.15) is 18.2 Å². The number of hydrogen-bond donors (Lipinski definition) is 0. The first-order valence-electron chi connectivity index (χ1n) is 4.88. The molecule has 2 aromatic heterocycles. The zero-order valence-corrected chi connectivity index (χ0v) is 10.4. The summed E-state index contributed by atoms with van der Waals surface area (Å²) in [5.74, 6) is 0.321. The summed E-state index contributed by atoms with van der Waals surface area (Å²) in [6, 6.07) is 9.27. The number of hydrogen-bond acceptors (Lipinski definition) is 4. The van der Waals surface area contributed by atoms with E-state index in [2.05, 4.69) is 25.9 Å². The van der Waals surface area contributed by atoms with Gasteiger partial charge in [-0.15, -0.1) is 0 Å². The minimum absolute atomic E-state index is 0.296. The Morgan fingerprint density at radius 2 is 2.24 bits per heavy atom. The van der Waals surface area contributed by atoms with Crippen molar-refractivity contribution < 1.29 is 4.74 Å². The Kier molecular flexibility index (Phi) is 3.68. The summed E-state index contributed by atoms with van der Waals surface area (Å²) in [6.45, 7) is 0.296. The molecule has 5 heteroatoms. The summed E-state index contributed by atoms with van der Waals surface area (Å²) in [7, 11) is 0. The molecule has 0 fully saturated rings. The van der Waals surface area contributed by atoms with E-state index in [9.17, 15) is 0 Å². The van der Waals surface area contributed by atoms with Crippen LogP contribution in [0, 0.1) is 11.3 Å². The molecule has 0 N–H and O–H groups in total. The van der Waals surface area contributed by atoms with Gasteiger partial charge in [0.15, 0.2) is 0 Å². The molecule has 2 rings (SSSR count). The Bertz CT molecular complexity index is 551. The summed E-state index contributed by atoms with van der Waals surface area (Å²) in [5.41, 5.74) is 1.19. The highest BCUT2D eigenvalue weighted by Gasteiger charge is 2.06. The van der Waals surface area contributed by atoms with Crippen LogP contribution in [0.1, 0.15) is 11.3 Å². The average molecular weight is 290 g/mol. The minimum Gasteiger partial charge on any atom is -0.470 e. The number of aromatic nitrogens is 2. The highest BCUT2D eigenvalue weighted by Crippen LogP contribution is 2.19. The molecule has 17 heavy (non-hydrogen) atoms. The molecule has 0 saturated carbocycles. The standard InChI is InChI=1S/C12H8BrN3O/c13-10-5-9(6-14)12(16-7-10)17-8-11-3-1-2-4-15-11/h1-5,7H,8H2. The van der Waals surface area contributed by atoms with Crippen LogP contribution in [0.15, 0.2) is 41.1 Å². The van der Waals surface area contributed by atoms with Gasteiger partial charge in [-0.3, -0.25) is 4.98 Å². The van der Waals surface area contributed by atoms with Crippen LogP contribution in [-0.4, -0.2) is 9.97 Å². The van der Waals surface area contributed by atoms with Crippen molar-refractivity contribution in [2.75, 3.05) is 0 Å². The Hall–Kier alpha value is -1.93. The van der Waals surface area contributed by atoms with E-state index >= 15 is 0 Å². The number of nitriles is 1. The fourth-order valence-corrected chi connectivity index (χ4v) is 1.58. The largest absolute Gasteiger partial charge is 0.470 e. The van der Waals surface area contributed by atoms with E-state index in [0.717, 1.165) is 10.2 Å². The normalized spacial score (nSPS) is 9.65. The second kappa shape index (κ2) is 5.41. The lowest BCUT2D eigenvalue weighted by atomic mass is 10.3. The third kappa shape index (κ3) is 3.02. The maximum Gasteiger partial charge on any atom is 0.232 e. The van der Waals surface area contributed by atoms with E-state index in [4.69, 9.17) is 10.00 Å². The van der Waals surface area contributed by atoms with Gasteiger partial charge in [-0.2, -0.15) is 5.26 Å². The molecular weight excluding hydrogens is 282 g/mol. The lowest BCUT2D eigenvalue weighted by molar-refractivity contribution is 0.288. The third-order valence-electron chi connectivity index (χ3n) is 2.02. The van der Waals surface area contributed by atoms with Crippen molar-refractivity contribution in [3.63, 3.8) is 0 Å². The van der Waals surface area contributed by atoms with E-state index in [1.165, 1.54) is 0 Å². The van der Waals surface area contributed by atoms with Crippen molar-refractivity contribution in [1.82, 2.24) is 9.97 Å². The number of ether oxygens (including phenoxy) is 1. The molecule has 0 atom stereocenters. The first kappa shape index (κ1) is 11.6. The predicted octanol–water partition coefficient (Wildman–Crippen LogP) is 2.69. The highest BCUT2D eigenvalue weighted by atomic mass is 79.9. The lowest BCUT2D eigenvalue weighted by Crippen LogP contribution is -2.00. The Morgan fingerprint density at radius 3 is 2.94 bits per heavy atom. The van der Waals surface area contributed by atoms with E-state index in [1.54, 1.807) is 18.5 Å². The smallest absolute Gasteiger partial charge is 0.232 e. The molecule has 0 amide bonds. The number of pyridine rings is 2. The van der Waals surface area contributed by atoms with Crippen LogP contribution in [0.4, 0.5) is 0 Å². The van der Waals surface area contributed by atoms with E-state index in [-0.39, 0.29) is 0 Å². The second-order valence-corrected chi connectivity index (χ2v) is 4.14. The Morgan fingerprint density at radius 1 is 1.35 bits per heavy atom. The third-order valence-corrected chi connectivity index (χ3v) is 2.45. The first-order valence-corrected chi connectivity index (χ1v) is 5.67. The topological polar surface area (TPSA) is 58.8 Å². The molecule has 84 valence electrons. The number of halogens is 1. The van der Waals surface area contributed by atoms with Gasteiger partial charge < -0.3 is 4.74 Å². The highest BCUT2D eigenvalue weighted by molar-refractivity contribution is 9.10. The minimum atomic E-state index is 0.296. The molecule has 0 aliphatic carbocycles. The van der Waals surface area contributed by atoms with Gasteiger partial charge in [-0.1, -0.05) is 6.07 Å². The monoisotopic (exact) mass is 289 g/mol.